The zero-order chi connectivity index (χ0) is 19.6. The maximum atomic E-state index is 12.0. The molecule has 0 aromatic heterocycles. The number of hydrogen-bond donors (Lipinski definition) is 1. The molecule has 2 rings (SSSR count). The molecule has 0 saturated heterocycles. The van der Waals surface area contributed by atoms with Crippen molar-refractivity contribution in [1.82, 2.24) is 5.32 Å². The third kappa shape index (κ3) is 5.79. The maximum absolute atomic E-state index is 12.0. The molecule has 0 atom stereocenters. The molecule has 7 heteroatoms. The minimum atomic E-state index is -0.216. The molecule has 0 radical (unpaired) electrons. The number of amides is 1. The largest absolute Gasteiger partial charge is 0.497 e. The van der Waals surface area contributed by atoms with Crippen molar-refractivity contribution in [1.29, 1.82) is 0 Å². The van der Waals surface area contributed by atoms with Gasteiger partial charge in [-0.15, -0.1) is 0 Å². The molecular weight excluding hydrogens is 350 g/mol. The Labute approximate surface area is 159 Å². The van der Waals surface area contributed by atoms with Gasteiger partial charge in [0.25, 0.3) is 0 Å². The monoisotopic (exact) mass is 375 g/mol. The topological polar surface area (TPSA) is 75.3 Å². The second kappa shape index (κ2) is 10.3. The van der Waals surface area contributed by atoms with E-state index < -0.39 is 0 Å². The van der Waals surface area contributed by atoms with Crippen molar-refractivity contribution in [2.75, 3.05) is 35.0 Å². The zero-order valence-electron chi connectivity index (χ0n) is 16.0. The second-order valence-corrected chi connectivity index (χ2v) is 5.65. The van der Waals surface area contributed by atoms with E-state index in [2.05, 4.69) is 5.32 Å². The smallest absolute Gasteiger partial charge is 0.246 e. The first-order valence-electron chi connectivity index (χ1n) is 8.37. The Balaban J connectivity index is 1.86. The summed E-state index contributed by atoms with van der Waals surface area (Å²) < 4.78 is 26.5. The number of carbonyl (C=O) groups is 1. The van der Waals surface area contributed by atoms with Crippen LogP contribution in [0.15, 0.2) is 36.4 Å². The highest BCUT2D eigenvalue weighted by molar-refractivity contribution is 5.77. The van der Waals surface area contributed by atoms with Crippen molar-refractivity contribution in [2.45, 2.75) is 13.2 Å². The van der Waals surface area contributed by atoms with Gasteiger partial charge in [0.2, 0.25) is 11.7 Å². The van der Waals surface area contributed by atoms with E-state index in [9.17, 15) is 4.79 Å². The molecule has 0 heterocycles. The standard InChI is InChI=1S/C20H25NO6/c1-23-16-7-5-6-14(8-16)12-27-13-19(22)21-11-15-9-17(24-2)20(26-4)18(10-15)25-3/h5-10H,11-13H2,1-4H3,(H,21,22). The second-order valence-electron chi connectivity index (χ2n) is 5.65. The fourth-order valence-electron chi connectivity index (χ4n) is 2.51. The summed E-state index contributed by atoms with van der Waals surface area (Å²) in [6.45, 7) is 0.606. The molecule has 27 heavy (non-hydrogen) atoms. The van der Waals surface area contributed by atoms with Gasteiger partial charge in [-0.25, -0.2) is 0 Å². The van der Waals surface area contributed by atoms with Gasteiger partial charge in [0.15, 0.2) is 11.5 Å². The van der Waals surface area contributed by atoms with E-state index in [0.717, 1.165) is 16.9 Å². The summed E-state index contributed by atoms with van der Waals surface area (Å²) in [7, 11) is 6.25. The Kier molecular flexibility index (Phi) is 7.76. The molecular formula is C20H25NO6. The lowest BCUT2D eigenvalue weighted by Gasteiger charge is -2.14. The highest BCUT2D eigenvalue weighted by Crippen LogP contribution is 2.38. The van der Waals surface area contributed by atoms with Crippen LogP contribution >= 0.6 is 0 Å². The SMILES string of the molecule is COc1cccc(COCC(=O)NCc2cc(OC)c(OC)c(OC)c2)c1. The molecule has 1 N–H and O–H groups in total. The average Bonchev–Trinajstić information content (AvgIpc) is 2.71. The molecule has 0 aliphatic carbocycles. The van der Waals surface area contributed by atoms with Crippen molar-refractivity contribution in [3.05, 3.63) is 47.5 Å². The highest BCUT2D eigenvalue weighted by atomic mass is 16.5. The van der Waals surface area contributed by atoms with Crippen LogP contribution in [0.25, 0.3) is 0 Å². The lowest BCUT2D eigenvalue weighted by atomic mass is 10.1. The third-order valence-corrected chi connectivity index (χ3v) is 3.85. The number of ether oxygens (including phenoxy) is 5. The number of benzene rings is 2. The Morgan fingerprint density at radius 1 is 0.889 bits per heavy atom. The summed E-state index contributed by atoms with van der Waals surface area (Å²) in [5.74, 6) is 2.12. The van der Waals surface area contributed by atoms with Crippen LogP contribution in [0.5, 0.6) is 23.0 Å². The molecule has 0 saturated carbocycles. The van der Waals surface area contributed by atoms with Crippen LogP contribution in [-0.2, 0) is 22.7 Å². The van der Waals surface area contributed by atoms with Gasteiger partial charge in [0.05, 0.1) is 35.0 Å². The van der Waals surface area contributed by atoms with Gasteiger partial charge in [-0.1, -0.05) is 12.1 Å². The Morgan fingerprint density at radius 2 is 1.59 bits per heavy atom. The molecule has 2 aromatic rings. The van der Waals surface area contributed by atoms with Gasteiger partial charge < -0.3 is 29.0 Å². The molecule has 146 valence electrons. The number of hydrogen-bond acceptors (Lipinski definition) is 6. The van der Waals surface area contributed by atoms with Gasteiger partial charge >= 0.3 is 0 Å². The summed E-state index contributed by atoms with van der Waals surface area (Å²) in [4.78, 5) is 12.0. The van der Waals surface area contributed by atoms with Crippen molar-refractivity contribution in [3.8, 4) is 23.0 Å². The predicted molar refractivity (Wildman–Crippen MR) is 101 cm³/mol. The molecule has 0 fully saturated rings. The van der Waals surface area contributed by atoms with Crippen molar-refractivity contribution < 1.29 is 28.5 Å². The van der Waals surface area contributed by atoms with E-state index in [1.54, 1.807) is 40.6 Å². The van der Waals surface area contributed by atoms with Crippen LogP contribution in [0.1, 0.15) is 11.1 Å². The van der Waals surface area contributed by atoms with Crippen LogP contribution in [0.3, 0.4) is 0 Å². The number of carbonyl (C=O) groups excluding carboxylic acids is 1. The normalized spacial score (nSPS) is 10.2. The van der Waals surface area contributed by atoms with Gasteiger partial charge in [0, 0.05) is 6.54 Å². The summed E-state index contributed by atoms with van der Waals surface area (Å²) in [6.07, 6.45) is 0. The van der Waals surface area contributed by atoms with Crippen LogP contribution in [0.2, 0.25) is 0 Å². The minimum Gasteiger partial charge on any atom is -0.497 e. The number of methoxy groups -OCH3 is 4. The van der Waals surface area contributed by atoms with E-state index >= 15 is 0 Å². The summed E-state index contributed by atoms with van der Waals surface area (Å²) in [5, 5.41) is 2.81. The lowest BCUT2D eigenvalue weighted by Crippen LogP contribution is -2.27. The van der Waals surface area contributed by atoms with Crippen molar-refractivity contribution in [2.24, 2.45) is 0 Å². The van der Waals surface area contributed by atoms with Gasteiger partial charge in [-0.2, -0.15) is 0 Å². The van der Waals surface area contributed by atoms with Gasteiger partial charge in [0.1, 0.15) is 12.4 Å². The van der Waals surface area contributed by atoms with Crippen LogP contribution in [-0.4, -0.2) is 41.0 Å². The first kappa shape index (κ1) is 20.4. The molecule has 0 aliphatic heterocycles. The molecule has 0 aliphatic rings. The zero-order valence-corrected chi connectivity index (χ0v) is 16.0. The predicted octanol–water partition coefficient (Wildman–Crippen LogP) is 2.55. The van der Waals surface area contributed by atoms with Gasteiger partial charge in [-0.05, 0) is 35.4 Å². The summed E-state index contributed by atoms with van der Waals surface area (Å²) >= 11 is 0. The third-order valence-electron chi connectivity index (χ3n) is 3.85. The molecule has 0 unspecified atom stereocenters. The maximum Gasteiger partial charge on any atom is 0.246 e. The van der Waals surface area contributed by atoms with E-state index in [4.69, 9.17) is 23.7 Å². The number of nitrogens with one attached hydrogen (secondary N) is 1. The van der Waals surface area contributed by atoms with Crippen molar-refractivity contribution >= 4 is 5.91 Å². The fraction of sp³-hybridized carbons (Fsp3) is 0.350. The van der Waals surface area contributed by atoms with E-state index in [-0.39, 0.29) is 12.5 Å². The summed E-state index contributed by atoms with van der Waals surface area (Å²) in [6, 6.07) is 11.1. The molecule has 1 amide bonds. The lowest BCUT2D eigenvalue weighted by molar-refractivity contribution is -0.126. The van der Waals surface area contributed by atoms with E-state index in [1.165, 1.54) is 0 Å². The molecule has 0 bridgehead atoms. The van der Waals surface area contributed by atoms with Crippen LogP contribution in [0, 0.1) is 0 Å². The van der Waals surface area contributed by atoms with Crippen LogP contribution in [0.4, 0.5) is 0 Å². The van der Waals surface area contributed by atoms with Gasteiger partial charge in [-0.3, -0.25) is 4.79 Å². The minimum absolute atomic E-state index is 0.0400. The first-order valence-corrected chi connectivity index (χ1v) is 8.37. The average molecular weight is 375 g/mol. The fourth-order valence-corrected chi connectivity index (χ4v) is 2.51. The quantitative estimate of drug-likeness (QED) is 0.688. The summed E-state index contributed by atoms with van der Waals surface area (Å²) in [5.41, 5.74) is 1.76. The van der Waals surface area contributed by atoms with E-state index in [0.29, 0.717) is 30.4 Å². The van der Waals surface area contributed by atoms with E-state index in [1.807, 2.05) is 24.3 Å². The molecule has 7 nitrogen and oxygen atoms in total. The number of rotatable bonds is 10. The first-order chi connectivity index (χ1) is 13.1. The molecule has 2 aromatic carbocycles. The van der Waals surface area contributed by atoms with Crippen molar-refractivity contribution in [3.63, 3.8) is 0 Å². The Hall–Kier alpha value is -2.93. The highest BCUT2D eigenvalue weighted by Gasteiger charge is 2.13. The van der Waals surface area contributed by atoms with Crippen LogP contribution < -0.4 is 24.3 Å². The Morgan fingerprint density at radius 3 is 2.19 bits per heavy atom. The Bertz CT molecular complexity index is 737. The molecule has 0 spiro atoms.